The number of rotatable bonds is 4. The smallest absolute Gasteiger partial charge is 0.226 e. The normalized spacial score (nSPS) is 12.7. The van der Waals surface area contributed by atoms with Gasteiger partial charge in [0.15, 0.2) is 11.5 Å². The Bertz CT molecular complexity index is 506. The molecule has 1 unspecified atom stereocenters. The zero-order valence-corrected chi connectivity index (χ0v) is 10.7. The summed E-state index contributed by atoms with van der Waals surface area (Å²) in [6, 6.07) is 0.418. The molecule has 0 radical (unpaired) electrons. The number of fused-ring (bicyclic) bond motifs is 1. The summed E-state index contributed by atoms with van der Waals surface area (Å²) < 4.78 is 0. The Morgan fingerprint density at radius 1 is 1.47 bits per heavy atom. The maximum absolute atomic E-state index is 4.49. The highest BCUT2D eigenvalue weighted by atomic mass is 15.2. The number of H-pyrrole nitrogens is 1. The molecule has 6 nitrogen and oxygen atoms in total. The van der Waals surface area contributed by atoms with E-state index >= 15 is 0 Å². The number of nitrogens with one attached hydrogen (secondary N) is 2. The summed E-state index contributed by atoms with van der Waals surface area (Å²) in [5.41, 5.74) is 1.57. The van der Waals surface area contributed by atoms with Gasteiger partial charge in [-0.1, -0.05) is 6.92 Å². The average Bonchev–Trinajstić information content (AvgIpc) is 2.83. The third-order valence-corrected chi connectivity index (χ3v) is 3.08. The summed E-state index contributed by atoms with van der Waals surface area (Å²) in [6.45, 7) is 4.33. The van der Waals surface area contributed by atoms with Crippen LogP contribution < -0.4 is 10.2 Å². The highest BCUT2D eigenvalue weighted by molar-refractivity contribution is 5.84. The van der Waals surface area contributed by atoms with Crippen molar-refractivity contribution in [2.45, 2.75) is 26.3 Å². The molecule has 6 heteroatoms. The van der Waals surface area contributed by atoms with Crippen molar-refractivity contribution in [3.8, 4) is 0 Å². The first kappa shape index (κ1) is 11.6. The van der Waals surface area contributed by atoms with E-state index < -0.39 is 0 Å². The molecule has 0 aliphatic heterocycles. The van der Waals surface area contributed by atoms with Gasteiger partial charge in [0.25, 0.3) is 0 Å². The maximum Gasteiger partial charge on any atom is 0.226 e. The van der Waals surface area contributed by atoms with Crippen LogP contribution in [0.15, 0.2) is 6.33 Å². The van der Waals surface area contributed by atoms with E-state index in [4.69, 9.17) is 0 Å². The molecule has 2 rings (SSSR count). The van der Waals surface area contributed by atoms with Gasteiger partial charge >= 0.3 is 0 Å². The monoisotopic (exact) mass is 234 g/mol. The lowest BCUT2D eigenvalue weighted by molar-refractivity contribution is 0.658. The number of imidazole rings is 1. The first-order chi connectivity index (χ1) is 8.17. The van der Waals surface area contributed by atoms with Gasteiger partial charge in [-0.05, 0) is 13.3 Å². The molecule has 0 aliphatic rings. The van der Waals surface area contributed by atoms with Gasteiger partial charge < -0.3 is 15.2 Å². The van der Waals surface area contributed by atoms with Gasteiger partial charge in [-0.2, -0.15) is 9.97 Å². The lowest BCUT2D eigenvalue weighted by atomic mass is 10.2. The Balaban J connectivity index is 2.53. The van der Waals surface area contributed by atoms with Gasteiger partial charge in [-0.15, -0.1) is 0 Å². The summed E-state index contributed by atoms with van der Waals surface area (Å²) in [5, 5.41) is 2.96. The second-order valence-corrected chi connectivity index (χ2v) is 4.09. The van der Waals surface area contributed by atoms with Gasteiger partial charge in [0, 0.05) is 20.1 Å². The Morgan fingerprint density at radius 3 is 2.88 bits per heavy atom. The van der Waals surface area contributed by atoms with E-state index in [2.05, 4.69) is 44.0 Å². The van der Waals surface area contributed by atoms with Crippen molar-refractivity contribution in [1.29, 1.82) is 0 Å². The molecule has 2 aromatic heterocycles. The number of hydrogen-bond acceptors (Lipinski definition) is 5. The molecule has 0 saturated carbocycles. The summed E-state index contributed by atoms with van der Waals surface area (Å²) in [6.07, 6.45) is 2.71. The molecule has 2 aromatic rings. The van der Waals surface area contributed by atoms with E-state index in [9.17, 15) is 0 Å². The van der Waals surface area contributed by atoms with Crippen LogP contribution in [0.4, 0.5) is 11.8 Å². The molecule has 2 heterocycles. The summed E-state index contributed by atoms with van der Waals surface area (Å²) in [7, 11) is 3.84. The number of aromatic amines is 1. The van der Waals surface area contributed by atoms with Crippen LogP contribution in [0.3, 0.4) is 0 Å². The van der Waals surface area contributed by atoms with Gasteiger partial charge in [0.2, 0.25) is 5.95 Å². The Hall–Kier alpha value is -1.85. The molecule has 1 atom stereocenters. The molecule has 0 bridgehead atoms. The van der Waals surface area contributed by atoms with Crippen LogP contribution in [0.1, 0.15) is 20.3 Å². The third kappa shape index (κ3) is 2.02. The van der Waals surface area contributed by atoms with Crippen LogP contribution in [0.5, 0.6) is 0 Å². The van der Waals surface area contributed by atoms with Crippen molar-refractivity contribution < 1.29 is 0 Å². The standard InChI is InChI=1S/C11H18N6/c1-5-7(2)17(4)10-8-9(14-6-13-8)15-11(12-3)16-10/h6-7H,5H2,1-4H3,(H2,12,13,14,15,16). The summed E-state index contributed by atoms with van der Waals surface area (Å²) in [4.78, 5) is 18.2. The molecule has 17 heavy (non-hydrogen) atoms. The van der Waals surface area contributed by atoms with Crippen molar-refractivity contribution in [3.63, 3.8) is 0 Å². The van der Waals surface area contributed by atoms with Crippen molar-refractivity contribution in [1.82, 2.24) is 19.9 Å². The van der Waals surface area contributed by atoms with E-state index in [0.717, 1.165) is 17.8 Å². The molecule has 0 aliphatic carbocycles. The number of anilines is 2. The Labute approximate surface area is 100 Å². The van der Waals surface area contributed by atoms with E-state index in [1.165, 1.54) is 0 Å². The predicted molar refractivity (Wildman–Crippen MR) is 69.4 cm³/mol. The second-order valence-electron chi connectivity index (χ2n) is 4.09. The second kappa shape index (κ2) is 4.57. The fraction of sp³-hybridized carbons (Fsp3) is 0.545. The van der Waals surface area contributed by atoms with Gasteiger partial charge in [-0.3, -0.25) is 0 Å². The van der Waals surface area contributed by atoms with Crippen LogP contribution in [-0.2, 0) is 0 Å². The van der Waals surface area contributed by atoms with Crippen LogP contribution in [0.25, 0.3) is 11.2 Å². The molecule has 2 N–H and O–H groups in total. The molecule has 0 saturated heterocycles. The number of aromatic nitrogens is 4. The van der Waals surface area contributed by atoms with E-state index in [1.807, 2.05) is 7.05 Å². The van der Waals surface area contributed by atoms with Crippen molar-refractivity contribution >= 4 is 22.9 Å². The number of nitrogens with zero attached hydrogens (tertiary/aromatic N) is 4. The van der Waals surface area contributed by atoms with Crippen molar-refractivity contribution in [2.24, 2.45) is 0 Å². The van der Waals surface area contributed by atoms with Gasteiger partial charge in [0.1, 0.15) is 5.52 Å². The van der Waals surface area contributed by atoms with Crippen LogP contribution in [-0.4, -0.2) is 40.1 Å². The first-order valence-corrected chi connectivity index (χ1v) is 5.79. The fourth-order valence-corrected chi connectivity index (χ4v) is 1.67. The largest absolute Gasteiger partial charge is 0.357 e. The zero-order chi connectivity index (χ0) is 12.4. The van der Waals surface area contributed by atoms with Crippen molar-refractivity contribution in [2.75, 3.05) is 24.3 Å². The van der Waals surface area contributed by atoms with E-state index in [1.54, 1.807) is 13.4 Å². The fourth-order valence-electron chi connectivity index (χ4n) is 1.67. The first-order valence-electron chi connectivity index (χ1n) is 5.79. The molecule has 92 valence electrons. The molecule has 0 aromatic carbocycles. The van der Waals surface area contributed by atoms with Crippen LogP contribution in [0.2, 0.25) is 0 Å². The van der Waals surface area contributed by atoms with Gasteiger partial charge in [-0.25, -0.2) is 4.98 Å². The van der Waals surface area contributed by atoms with Crippen LogP contribution >= 0.6 is 0 Å². The topological polar surface area (TPSA) is 69.7 Å². The molecular weight excluding hydrogens is 216 g/mol. The molecule has 0 fully saturated rings. The minimum atomic E-state index is 0.418. The quantitative estimate of drug-likeness (QED) is 0.841. The highest BCUT2D eigenvalue weighted by Gasteiger charge is 2.16. The van der Waals surface area contributed by atoms with Crippen molar-refractivity contribution in [3.05, 3.63) is 6.33 Å². The van der Waals surface area contributed by atoms with E-state index in [0.29, 0.717) is 17.6 Å². The summed E-state index contributed by atoms with van der Waals surface area (Å²) >= 11 is 0. The lowest BCUT2D eigenvalue weighted by Gasteiger charge is -2.25. The molecule has 0 spiro atoms. The molecule has 0 amide bonds. The maximum atomic E-state index is 4.49. The predicted octanol–water partition coefficient (Wildman–Crippen LogP) is 1.63. The average molecular weight is 234 g/mol. The SMILES string of the molecule is CCC(C)N(C)c1nc(NC)nc2nc[nH]c12. The minimum Gasteiger partial charge on any atom is -0.357 e. The lowest BCUT2D eigenvalue weighted by Crippen LogP contribution is -2.29. The Morgan fingerprint density at radius 2 is 2.24 bits per heavy atom. The summed E-state index contributed by atoms with van der Waals surface area (Å²) in [5.74, 6) is 1.47. The highest BCUT2D eigenvalue weighted by Crippen LogP contribution is 2.23. The zero-order valence-electron chi connectivity index (χ0n) is 10.7. The van der Waals surface area contributed by atoms with Crippen LogP contribution in [0, 0.1) is 0 Å². The van der Waals surface area contributed by atoms with E-state index in [-0.39, 0.29) is 0 Å². The molecular formula is C11H18N6. The van der Waals surface area contributed by atoms with Gasteiger partial charge in [0.05, 0.1) is 6.33 Å². The third-order valence-electron chi connectivity index (χ3n) is 3.08. The Kier molecular flexibility index (Phi) is 3.12. The minimum absolute atomic E-state index is 0.418. The number of hydrogen-bond donors (Lipinski definition) is 2.